The van der Waals surface area contributed by atoms with Crippen molar-refractivity contribution in [1.29, 1.82) is 0 Å². The lowest BCUT2D eigenvalue weighted by atomic mass is 9.63. The van der Waals surface area contributed by atoms with Crippen molar-refractivity contribution in [3.8, 4) is 0 Å². The van der Waals surface area contributed by atoms with Gasteiger partial charge in [-0.3, -0.25) is 9.80 Å². The molecule has 1 saturated carbocycles. The third-order valence-electron chi connectivity index (χ3n) is 7.46. The quantitative estimate of drug-likeness (QED) is 0.198. The molecule has 8 N–H and O–H groups in total. The van der Waals surface area contributed by atoms with Gasteiger partial charge in [-0.25, -0.2) is 38.8 Å². The standard InChI is InChI=1S/C18H24N6O12/c25-13(26)11-12(14(27)28)23(17(33)34)10-8(22(11)16(31)32)6-3-19-4-20-7(6)5-1-2-21(15(29)30)24(9(5)10)18(35)36/h5-12,19-20H,1-4H2,(H,25,26)(H,27,28)(H,29,30)(H,31,32)(H,33,34)(H,35,36). The van der Waals surface area contributed by atoms with Gasteiger partial charge >= 0.3 is 36.3 Å². The molecule has 0 aromatic rings. The van der Waals surface area contributed by atoms with Crippen LogP contribution < -0.4 is 10.6 Å². The van der Waals surface area contributed by atoms with E-state index >= 15 is 0 Å². The van der Waals surface area contributed by atoms with E-state index < -0.39 is 84.4 Å². The van der Waals surface area contributed by atoms with Crippen LogP contribution >= 0.6 is 0 Å². The number of nitrogens with zero attached hydrogens (tertiary/aromatic N) is 4. The summed E-state index contributed by atoms with van der Waals surface area (Å²) in [4.78, 5) is 74.1. The minimum atomic E-state index is -2.44. The number of carbonyl (C=O) groups is 6. The Hall–Kier alpha value is -4.06. The maximum absolute atomic E-state index is 12.5. The lowest BCUT2D eigenvalue weighted by Crippen LogP contribution is -2.86. The van der Waals surface area contributed by atoms with Gasteiger partial charge in [0, 0.05) is 37.6 Å². The van der Waals surface area contributed by atoms with Gasteiger partial charge in [-0.2, -0.15) is 0 Å². The van der Waals surface area contributed by atoms with Crippen LogP contribution in [0, 0.1) is 11.8 Å². The molecule has 8 unspecified atom stereocenters. The molecule has 4 amide bonds. The summed E-state index contributed by atoms with van der Waals surface area (Å²) in [5, 5.41) is 66.4. The van der Waals surface area contributed by atoms with Crippen LogP contribution in [-0.4, -0.2) is 143 Å². The van der Waals surface area contributed by atoms with E-state index in [2.05, 4.69) is 10.6 Å². The van der Waals surface area contributed by atoms with Crippen LogP contribution in [0.3, 0.4) is 0 Å². The summed E-state index contributed by atoms with van der Waals surface area (Å²) < 4.78 is 0. The van der Waals surface area contributed by atoms with Gasteiger partial charge in [0.15, 0.2) is 12.1 Å². The Labute approximate surface area is 201 Å². The first-order valence-corrected chi connectivity index (χ1v) is 10.8. The van der Waals surface area contributed by atoms with E-state index in [1.54, 1.807) is 0 Å². The van der Waals surface area contributed by atoms with Crippen molar-refractivity contribution >= 4 is 36.3 Å². The van der Waals surface area contributed by atoms with Crippen LogP contribution in [0.15, 0.2) is 0 Å². The molecular formula is C18H24N6O12. The monoisotopic (exact) mass is 516 g/mol. The number of amides is 4. The van der Waals surface area contributed by atoms with Gasteiger partial charge in [-0.15, -0.1) is 0 Å². The first-order valence-electron chi connectivity index (χ1n) is 10.8. The number of hydrogen-bond donors (Lipinski definition) is 8. The highest BCUT2D eigenvalue weighted by Gasteiger charge is 2.68. The van der Waals surface area contributed by atoms with E-state index in [0.717, 1.165) is 0 Å². The third-order valence-corrected chi connectivity index (χ3v) is 7.46. The first-order chi connectivity index (χ1) is 16.9. The van der Waals surface area contributed by atoms with Crippen LogP contribution in [0.25, 0.3) is 0 Å². The predicted molar refractivity (Wildman–Crippen MR) is 110 cm³/mol. The van der Waals surface area contributed by atoms with Crippen LogP contribution in [0.5, 0.6) is 0 Å². The van der Waals surface area contributed by atoms with Gasteiger partial charge in [0.05, 0.1) is 18.1 Å². The van der Waals surface area contributed by atoms with Crippen LogP contribution in [-0.2, 0) is 9.59 Å². The molecule has 198 valence electrons. The average Bonchev–Trinajstić information content (AvgIpc) is 2.80. The molecule has 0 radical (unpaired) electrons. The topological polar surface area (TPSA) is 261 Å². The second kappa shape index (κ2) is 8.86. The smallest absolute Gasteiger partial charge is 0.426 e. The molecule has 4 fully saturated rings. The molecule has 0 spiro atoms. The zero-order valence-electron chi connectivity index (χ0n) is 18.4. The molecule has 0 aromatic heterocycles. The molecule has 0 aromatic carbocycles. The van der Waals surface area contributed by atoms with E-state index in [1.807, 2.05) is 0 Å². The van der Waals surface area contributed by atoms with Gasteiger partial charge in [0.25, 0.3) is 0 Å². The molecule has 4 rings (SSSR count). The fraction of sp³-hybridized carbons (Fsp3) is 0.667. The highest BCUT2D eigenvalue weighted by Crippen LogP contribution is 2.47. The Kier molecular flexibility index (Phi) is 6.17. The number of carboxylic acids is 2. The van der Waals surface area contributed by atoms with Crippen molar-refractivity contribution in [2.24, 2.45) is 11.8 Å². The molecule has 3 heterocycles. The lowest BCUT2D eigenvalue weighted by Gasteiger charge is -2.64. The average molecular weight is 516 g/mol. The number of rotatable bonds is 2. The van der Waals surface area contributed by atoms with Gasteiger partial charge in [0.2, 0.25) is 0 Å². The molecule has 1 aliphatic carbocycles. The fourth-order valence-electron chi connectivity index (χ4n) is 6.44. The summed E-state index contributed by atoms with van der Waals surface area (Å²) in [7, 11) is 0. The van der Waals surface area contributed by atoms with Crippen molar-refractivity contribution < 1.29 is 59.4 Å². The van der Waals surface area contributed by atoms with Gasteiger partial charge < -0.3 is 41.3 Å². The molecule has 18 nitrogen and oxygen atoms in total. The Balaban J connectivity index is 2.00. The summed E-state index contributed by atoms with van der Waals surface area (Å²) in [6, 6.07) is -10.3. The third kappa shape index (κ3) is 3.56. The number of aliphatic carboxylic acids is 2. The highest BCUT2D eigenvalue weighted by atomic mass is 16.4. The normalized spacial score (nSPS) is 35.7. The Morgan fingerprint density at radius 1 is 0.667 bits per heavy atom. The minimum absolute atomic E-state index is 0.0543. The molecule has 0 bridgehead atoms. The van der Waals surface area contributed by atoms with E-state index in [4.69, 9.17) is 0 Å². The summed E-state index contributed by atoms with van der Waals surface area (Å²) in [5.74, 6) is -5.42. The van der Waals surface area contributed by atoms with E-state index in [-0.39, 0.29) is 31.1 Å². The van der Waals surface area contributed by atoms with Gasteiger partial charge in [-0.1, -0.05) is 0 Å². The molecular weight excluding hydrogens is 492 g/mol. The minimum Gasteiger partial charge on any atom is -0.480 e. The summed E-state index contributed by atoms with van der Waals surface area (Å²) in [5.41, 5.74) is 0. The largest absolute Gasteiger partial charge is 0.480 e. The van der Waals surface area contributed by atoms with Crippen molar-refractivity contribution in [1.82, 2.24) is 30.5 Å². The van der Waals surface area contributed by atoms with Crippen molar-refractivity contribution in [3.05, 3.63) is 0 Å². The molecule has 3 aliphatic heterocycles. The lowest BCUT2D eigenvalue weighted by molar-refractivity contribution is -0.191. The second-order valence-electron chi connectivity index (χ2n) is 8.93. The Morgan fingerprint density at radius 2 is 1.22 bits per heavy atom. The second-order valence-corrected chi connectivity index (χ2v) is 8.93. The van der Waals surface area contributed by atoms with Crippen LogP contribution in [0.2, 0.25) is 0 Å². The molecule has 36 heavy (non-hydrogen) atoms. The summed E-state index contributed by atoms with van der Waals surface area (Å²) >= 11 is 0. The Morgan fingerprint density at radius 3 is 1.69 bits per heavy atom. The van der Waals surface area contributed by atoms with Crippen LogP contribution in [0.4, 0.5) is 19.2 Å². The van der Waals surface area contributed by atoms with E-state index in [0.29, 0.717) is 14.9 Å². The molecule has 3 saturated heterocycles. The Bertz CT molecular complexity index is 1000. The fourth-order valence-corrected chi connectivity index (χ4v) is 6.44. The zero-order valence-corrected chi connectivity index (χ0v) is 18.4. The van der Waals surface area contributed by atoms with E-state index in [1.165, 1.54) is 0 Å². The number of hydrazine groups is 1. The number of carboxylic acid groups (broad SMARTS) is 6. The number of fused-ring (bicyclic) bond motifs is 6. The molecule has 4 aliphatic rings. The molecule has 8 atom stereocenters. The zero-order chi connectivity index (χ0) is 26.6. The highest BCUT2D eigenvalue weighted by molar-refractivity contribution is 5.91. The number of hydrogen-bond acceptors (Lipinski definition) is 8. The van der Waals surface area contributed by atoms with Gasteiger partial charge in [0.1, 0.15) is 0 Å². The van der Waals surface area contributed by atoms with E-state index in [9.17, 15) is 59.4 Å². The summed E-state index contributed by atoms with van der Waals surface area (Å²) in [6.07, 6.45) is -7.15. The first kappa shape index (κ1) is 25.0. The predicted octanol–water partition coefficient (Wildman–Crippen LogP) is -1.98. The van der Waals surface area contributed by atoms with Gasteiger partial charge in [-0.05, 0) is 6.42 Å². The van der Waals surface area contributed by atoms with Crippen molar-refractivity contribution in [2.45, 2.75) is 42.7 Å². The number of nitrogens with one attached hydrogen (secondary N) is 2. The van der Waals surface area contributed by atoms with Crippen molar-refractivity contribution in [2.75, 3.05) is 19.8 Å². The summed E-state index contributed by atoms with van der Waals surface area (Å²) in [6.45, 7) is 0.0285. The SMILES string of the molecule is O=C(O)C1C(C(=O)O)N(C(=O)O)C2C(C3CNCNC3C3CCN(C(=O)O)N(C(=O)O)C32)N1C(=O)O. The van der Waals surface area contributed by atoms with Crippen LogP contribution in [0.1, 0.15) is 6.42 Å². The molecule has 18 heteroatoms. The number of piperazine rings is 1. The maximum atomic E-state index is 12.5. The maximum Gasteiger partial charge on any atom is 0.426 e. The van der Waals surface area contributed by atoms with Crippen molar-refractivity contribution in [3.63, 3.8) is 0 Å².